The van der Waals surface area contributed by atoms with Crippen LogP contribution in [0.5, 0.6) is 0 Å². The number of allylic oxidation sites excluding steroid dienone is 2. The van der Waals surface area contributed by atoms with Crippen LogP contribution in [0.3, 0.4) is 0 Å². The summed E-state index contributed by atoms with van der Waals surface area (Å²) in [4.78, 5) is 3.56. The summed E-state index contributed by atoms with van der Waals surface area (Å²) in [6, 6.07) is 1.86. The van der Waals surface area contributed by atoms with E-state index in [1.165, 1.54) is 18.4 Å². The third-order valence-electron chi connectivity index (χ3n) is 1.07. The Hall–Kier alpha value is -1.10. The number of hydrogen-bond acceptors (Lipinski definition) is 2. The normalized spacial score (nSPS) is 7.88. The van der Waals surface area contributed by atoms with Crippen molar-refractivity contribution in [2.24, 2.45) is 4.99 Å². The standard InChI is InChI=1S/C5H10.C4H6N2.2C3H8/c1-4-5(2)3;1-4(3-5)6-2;2*1-3-2/h4H,1-3H3;1-2H3;2*3H2,1-2H3. The average Bonchev–Trinajstić information content (AvgIpc) is 2.30. The second-order valence-electron chi connectivity index (χ2n) is 3.70. The van der Waals surface area contributed by atoms with E-state index in [9.17, 15) is 0 Å². The Morgan fingerprint density at radius 1 is 1.06 bits per heavy atom. The third-order valence-corrected chi connectivity index (χ3v) is 1.07. The largest absolute Gasteiger partial charge is 0.282 e. The molecule has 0 spiro atoms. The predicted octanol–water partition coefficient (Wildman–Crippen LogP) is 5.41. The van der Waals surface area contributed by atoms with Crippen LogP contribution in [0.15, 0.2) is 16.6 Å². The average molecular weight is 240 g/mol. The van der Waals surface area contributed by atoms with Gasteiger partial charge in [0.25, 0.3) is 0 Å². The molecule has 0 amide bonds. The summed E-state index contributed by atoms with van der Waals surface area (Å²) < 4.78 is 0. The molecular weight excluding hydrogens is 208 g/mol. The van der Waals surface area contributed by atoms with E-state index in [1.54, 1.807) is 14.0 Å². The molecule has 0 aromatic heterocycles. The summed E-state index contributed by atoms with van der Waals surface area (Å²) in [5, 5.41) is 7.95. The molecule has 0 N–H and O–H groups in total. The van der Waals surface area contributed by atoms with Gasteiger partial charge in [0.15, 0.2) is 0 Å². The second-order valence-corrected chi connectivity index (χ2v) is 3.70. The Kier molecular flexibility index (Phi) is 43.1. The summed E-state index contributed by atoms with van der Waals surface area (Å²) in [5.74, 6) is 0. The van der Waals surface area contributed by atoms with Crippen LogP contribution < -0.4 is 0 Å². The van der Waals surface area contributed by atoms with Gasteiger partial charge in [-0.15, -0.1) is 0 Å². The maximum absolute atomic E-state index is 7.95. The van der Waals surface area contributed by atoms with Gasteiger partial charge < -0.3 is 0 Å². The van der Waals surface area contributed by atoms with Crippen LogP contribution in [0.25, 0.3) is 0 Å². The van der Waals surface area contributed by atoms with Gasteiger partial charge in [-0.1, -0.05) is 52.2 Å². The lowest BCUT2D eigenvalue weighted by molar-refractivity contribution is 1.09. The minimum absolute atomic E-state index is 0.523. The molecular formula is C15H32N2. The van der Waals surface area contributed by atoms with E-state index >= 15 is 0 Å². The van der Waals surface area contributed by atoms with Gasteiger partial charge in [-0.3, -0.25) is 4.99 Å². The zero-order valence-corrected chi connectivity index (χ0v) is 13.4. The molecule has 0 aliphatic carbocycles. The van der Waals surface area contributed by atoms with Gasteiger partial charge >= 0.3 is 0 Å². The molecule has 0 radical (unpaired) electrons. The first kappa shape index (κ1) is 24.9. The van der Waals surface area contributed by atoms with Gasteiger partial charge in [-0.25, -0.2) is 0 Å². The summed E-state index contributed by atoms with van der Waals surface area (Å²) in [7, 11) is 1.60. The van der Waals surface area contributed by atoms with E-state index in [4.69, 9.17) is 5.26 Å². The van der Waals surface area contributed by atoms with E-state index in [2.05, 4.69) is 52.6 Å². The molecule has 0 heterocycles. The van der Waals surface area contributed by atoms with Crippen molar-refractivity contribution >= 4 is 5.71 Å². The predicted molar refractivity (Wildman–Crippen MR) is 81.7 cm³/mol. The first-order valence-corrected chi connectivity index (χ1v) is 6.34. The van der Waals surface area contributed by atoms with Crippen molar-refractivity contribution in [1.82, 2.24) is 0 Å². The first-order valence-electron chi connectivity index (χ1n) is 6.34. The van der Waals surface area contributed by atoms with E-state index < -0.39 is 0 Å². The van der Waals surface area contributed by atoms with Crippen molar-refractivity contribution in [1.29, 1.82) is 5.26 Å². The fourth-order valence-electron chi connectivity index (χ4n) is 0.0500. The fraction of sp³-hybridized carbons (Fsp3) is 0.733. The zero-order valence-electron chi connectivity index (χ0n) is 13.4. The third kappa shape index (κ3) is 103. The lowest BCUT2D eigenvalue weighted by Gasteiger charge is -1.74. The number of hydrogen-bond donors (Lipinski definition) is 0. The van der Waals surface area contributed by atoms with Crippen molar-refractivity contribution < 1.29 is 0 Å². The second kappa shape index (κ2) is 29.4. The van der Waals surface area contributed by atoms with Gasteiger partial charge in [0.05, 0.1) is 0 Å². The molecule has 0 bridgehead atoms. The smallest absolute Gasteiger partial charge is 0.114 e. The molecule has 0 atom stereocenters. The van der Waals surface area contributed by atoms with Gasteiger partial charge in [-0.05, 0) is 27.7 Å². The van der Waals surface area contributed by atoms with Gasteiger partial charge in [0.2, 0.25) is 0 Å². The minimum Gasteiger partial charge on any atom is -0.282 e. The van der Waals surface area contributed by atoms with Crippen molar-refractivity contribution in [3.05, 3.63) is 11.6 Å². The zero-order chi connectivity index (χ0) is 14.7. The van der Waals surface area contributed by atoms with Crippen molar-refractivity contribution in [3.63, 3.8) is 0 Å². The van der Waals surface area contributed by atoms with Gasteiger partial charge in [0.1, 0.15) is 11.8 Å². The molecule has 0 aliphatic heterocycles. The lowest BCUT2D eigenvalue weighted by Crippen LogP contribution is -1.79. The minimum atomic E-state index is 0.523. The number of nitrogens with zero attached hydrogens (tertiary/aromatic N) is 2. The SMILES string of the molecule is CC=C(C)C.CCC.CCC.CN=C(C)C#N. The first-order chi connectivity index (χ1) is 7.91. The van der Waals surface area contributed by atoms with E-state index in [0.29, 0.717) is 5.71 Å². The van der Waals surface area contributed by atoms with E-state index in [1.807, 2.05) is 13.0 Å². The van der Waals surface area contributed by atoms with Crippen LogP contribution in [0.1, 0.15) is 68.2 Å². The highest BCUT2D eigenvalue weighted by Gasteiger charge is 1.73. The van der Waals surface area contributed by atoms with Crippen molar-refractivity contribution in [2.45, 2.75) is 68.2 Å². The fourth-order valence-corrected chi connectivity index (χ4v) is 0.0500. The molecule has 17 heavy (non-hydrogen) atoms. The van der Waals surface area contributed by atoms with Crippen LogP contribution in [-0.2, 0) is 0 Å². The summed E-state index contributed by atoms with van der Waals surface area (Å²) in [6.07, 6.45) is 4.58. The maximum atomic E-state index is 7.95. The molecule has 2 nitrogen and oxygen atoms in total. The molecule has 0 aromatic rings. The van der Waals surface area contributed by atoms with Crippen LogP contribution >= 0.6 is 0 Å². The lowest BCUT2D eigenvalue weighted by atomic mass is 10.3. The van der Waals surface area contributed by atoms with E-state index in [0.717, 1.165) is 0 Å². The molecule has 0 saturated carbocycles. The highest BCUT2D eigenvalue weighted by molar-refractivity contribution is 5.96. The number of aliphatic imine (C=N–C) groups is 1. The molecule has 0 rings (SSSR count). The van der Waals surface area contributed by atoms with Crippen LogP contribution in [0, 0.1) is 11.3 Å². The molecule has 0 saturated heterocycles. The molecule has 0 unspecified atom stereocenters. The highest BCUT2D eigenvalue weighted by Crippen LogP contribution is 1.82. The maximum Gasteiger partial charge on any atom is 0.114 e. The van der Waals surface area contributed by atoms with Crippen LogP contribution in [0.2, 0.25) is 0 Å². The Bertz CT molecular complexity index is 201. The van der Waals surface area contributed by atoms with Crippen molar-refractivity contribution in [3.8, 4) is 6.07 Å². The Balaban J connectivity index is -0.0000000698. The number of nitriles is 1. The van der Waals surface area contributed by atoms with Crippen molar-refractivity contribution in [2.75, 3.05) is 7.05 Å². The summed E-state index contributed by atoms with van der Waals surface area (Å²) >= 11 is 0. The monoisotopic (exact) mass is 240 g/mol. The summed E-state index contributed by atoms with van der Waals surface area (Å²) in [6.45, 7) is 16.4. The van der Waals surface area contributed by atoms with Crippen LogP contribution in [0.4, 0.5) is 0 Å². The molecule has 0 aromatic carbocycles. The Morgan fingerprint density at radius 3 is 1.29 bits per heavy atom. The number of rotatable bonds is 0. The Morgan fingerprint density at radius 2 is 1.29 bits per heavy atom. The van der Waals surface area contributed by atoms with Gasteiger partial charge in [-0.2, -0.15) is 5.26 Å². The molecule has 0 aliphatic rings. The quantitative estimate of drug-likeness (QED) is 0.412. The van der Waals surface area contributed by atoms with E-state index in [-0.39, 0.29) is 0 Å². The topological polar surface area (TPSA) is 36.1 Å². The molecule has 2 heteroatoms. The molecule has 0 fully saturated rings. The molecule has 102 valence electrons. The van der Waals surface area contributed by atoms with Gasteiger partial charge in [0, 0.05) is 7.05 Å². The summed E-state index contributed by atoms with van der Waals surface area (Å²) in [5.41, 5.74) is 1.90. The Labute approximate surface area is 109 Å². The van der Waals surface area contributed by atoms with Crippen LogP contribution in [-0.4, -0.2) is 12.8 Å². The highest BCUT2D eigenvalue weighted by atomic mass is 14.7.